The van der Waals surface area contributed by atoms with Crippen LogP contribution in [0.4, 0.5) is 4.79 Å². The molecule has 2 heterocycles. The number of likely N-dealkylation sites (tertiary alicyclic amines) is 1. The van der Waals surface area contributed by atoms with Crippen molar-refractivity contribution in [3.05, 3.63) is 0 Å². The monoisotopic (exact) mass is 226 g/mol. The lowest BCUT2D eigenvalue weighted by atomic mass is 10.0. The van der Waals surface area contributed by atoms with Crippen molar-refractivity contribution < 1.29 is 14.3 Å². The minimum atomic E-state index is -0.427. The molecule has 0 saturated carbocycles. The van der Waals surface area contributed by atoms with Crippen molar-refractivity contribution in [2.75, 3.05) is 26.2 Å². The van der Waals surface area contributed by atoms with Gasteiger partial charge in [0.15, 0.2) is 5.90 Å². The lowest BCUT2D eigenvalue weighted by Crippen LogP contribution is -2.54. The van der Waals surface area contributed by atoms with Crippen LogP contribution < -0.4 is 0 Å². The lowest BCUT2D eigenvalue weighted by Gasteiger charge is -2.39. The summed E-state index contributed by atoms with van der Waals surface area (Å²) < 4.78 is 10.6. The Balaban J connectivity index is 1.77. The lowest BCUT2D eigenvalue weighted by molar-refractivity contribution is 0.00509. The molecule has 0 aromatic heterocycles. The van der Waals surface area contributed by atoms with Gasteiger partial charge in [0.05, 0.1) is 12.5 Å². The first-order valence-electron chi connectivity index (χ1n) is 5.61. The molecule has 0 aromatic carbocycles. The zero-order valence-electron chi connectivity index (χ0n) is 10.0. The van der Waals surface area contributed by atoms with Gasteiger partial charge in [-0.1, -0.05) is 0 Å². The summed E-state index contributed by atoms with van der Waals surface area (Å²) in [7, 11) is 0. The first-order valence-corrected chi connectivity index (χ1v) is 5.61. The average molecular weight is 226 g/mol. The molecule has 1 amide bonds. The van der Waals surface area contributed by atoms with E-state index in [1.54, 1.807) is 4.90 Å². The zero-order chi connectivity index (χ0) is 11.8. The number of rotatable bonds is 1. The van der Waals surface area contributed by atoms with Crippen molar-refractivity contribution in [3.63, 3.8) is 0 Å². The van der Waals surface area contributed by atoms with Gasteiger partial charge in [-0.3, -0.25) is 4.99 Å². The van der Waals surface area contributed by atoms with Crippen LogP contribution in [0.2, 0.25) is 0 Å². The molecule has 1 fully saturated rings. The second-order valence-corrected chi connectivity index (χ2v) is 5.15. The molecule has 0 unspecified atom stereocenters. The summed E-state index contributed by atoms with van der Waals surface area (Å²) in [4.78, 5) is 17.5. The van der Waals surface area contributed by atoms with Crippen LogP contribution in [-0.2, 0) is 9.47 Å². The van der Waals surface area contributed by atoms with Crippen molar-refractivity contribution in [1.29, 1.82) is 0 Å². The fourth-order valence-corrected chi connectivity index (χ4v) is 1.71. The summed E-state index contributed by atoms with van der Waals surface area (Å²) in [6, 6.07) is 0. The summed E-state index contributed by atoms with van der Waals surface area (Å²) in [6.07, 6.45) is -0.248. The van der Waals surface area contributed by atoms with E-state index >= 15 is 0 Å². The van der Waals surface area contributed by atoms with E-state index in [1.807, 2.05) is 20.8 Å². The molecular weight excluding hydrogens is 208 g/mol. The second kappa shape index (κ2) is 3.96. The van der Waals surface area contributed by atoms with E-state index in [2.05, 4.69) is 4.99 Å². The summed E-state index contributed by atoms with van der Waals surface area (Å²) in [5, 5.41) is 0. The fourth-order valence-electron chi connectivity index (χ4n) is 1.71. The molecule has 0 bridgehead atoms. The van der Waals surface area contributed by atoms with Crippen LogP contribution in [0.1, 0.15) is 20.8 Å². The molecule has 2 aliphatic heterocycles. The summed E-state index contributed by atoms with van der Waals surface area (Å²) in [6.45, 7) is 8.35. The maximum atomic E-state index is 11.6. The van der Waals surface area contributed by atoms with Crippen molar-refractivity contribution in [3.8, 4) is 0 Å². The Bertz CT molecular complexity index is 314. The van der Waals surface area contributed by atoms with Crippen molar-refractivity contribution in [2.24, 2.45) is 10.9 Å². The molecule has 2 aliphatic rings. The van der Waals surface area contributed by atoms with E-state index in [-0.39, 0.29) is 12.0 Å². The first kappa shape index (κ1) is 11.2. The Hall–Kier alpha value is -1.26. The van der Waals surface area contributed by atoms with E-state index in [1.165, 1.54) is 0 Å². The Morgan fingerprint density at radius 1 is 1.50 bits per heavy atom. The van der Waals surface area contributed by atoms with Crippen LogP contribution in [0.3, 0.4) is 0 Å². The number of carbonyl (C=O) groups excluding carboxylic acids is 1. The van der Waals surface area contributed by atoms with Gasteiger partial charge in [0.1, 0.15) is 12.2 Å². The van der Waals surface area contributed by atoms with Gasteiger partial charge in [0, 0.05) is 13.1 Å². The highest BCUT2D eigenvalue weighted by Crippen LogP contribution is 2.22. The SMILES string of the molecule is CC(C)(C)OC(=O)N1CC(C2=NCCO2)C1. The molecule has 2 rings (SSSR count). The Labute approximate surface area is 95.4 Å². The molecule has 0 atom stereocenters. The Kier molecular flexibility index (Phi) is 2.78. The number of aliphatic imine (C=N–C) groups is 1. The van der Waals surface area contributed by atoms with Gasteiger partial charge in [0.25, 0.3) is 0 Å². The molecule has 0 aliphatic carbocycles. The highest BCUT2D eigenvalue weighted by atomic mass is 16.6. The summed E-state index contributed by atoms with van der Waals surface area (Å²) in [5.41, 5.74) is -0.427. The normalized spacial score (nSPS) is 21.2. The molecular formula is C11H18N2O3. The van der Waals surface area contributed by atoms with Crippen molar-refractivity contribution in [1.82, 2.24) is 4.90 Å². The van der Waals surface area contributed by atoms with E-state index in [0.29, 0.717) is 19.7 Å². The molecule has 0 spiro atoms. The second-order valence-electron chi connectivity index (χ2n) is 5.15. The van der Waals surface area contributed by atoms with E-state index in [0.717, 1.165) is 12.4 Å². The average Bonchev–Trinajstić information content (AvgIpc) is 2.49. The number of amides is 1. The third-order valence-electron chi connectivity index (χ3n) is 2.49. The predicted molar refractivity (Wildman–Crippen MR) is 59.6 cm³/mol. The van der Waals surface area contributed by atoms with Crippen molar-refractivity contribution in [2.45, 2.75) is 26.4 Å². The largest absolute Gasteiger partial charge is 0.479 e. The first-order chi connectivity index (χ1) is 7.46. The number of carbonyl (C=O) groups is 1. The topological polar surface area (TPSA) is 51.1 Å². The molecule has 0 radical (unpaired) electrons. The summed E-state index contributed by atoms with van der Waals surface area (Å²) >= 11 is 0. The summed E-state index contributed by atoms with van der Waals surface area (Å²) in [5.74, 6) is 1.08. The van der Waals surface area contributed by atoms with Gasteiger partial charge in [0.2, 0.25) is 0 Å². The fraction of sp³-hybridized carbons (Fsp3) is 0.818. The van der Waals surface area contributed by atoms with Crippen LogP contribution in [0.5, 0.6) is 0 Å². The molecule has 5 nitrogen and oxygen atoms in total. The van der Waals surface area contributed by atoms with Crippen LogP contribution in [0.15, 0.2) is 4.99 Å². The van der Waals surface area contributed by atoms with Gasteiger partial charge >= 0.3 is 6.09 Å². The van der Waals surface area contributed by atoms with E-state index in [4.69, 9.17) is 9.47 Å². The van der Waals surface area contributed by atoms with E-state index < -0.39 is 5.60 Å². The van der Waals surface area contributed by atoms with Crippen LogP contribution in [0, 0.1) is 5.92 Å². The molecule has 5 heteroatoms. The molecule has 16 heavy (non-hydrogen) atoms. The smallest absolute Gasteiger partial charge is 0.410 e. The standard InChI is InChI=1S/C11H18N2O3/c1-11(2,3)16-10(14)13-6-8(7-13)9-12-4-5-15-9/h8H,4-7H2,1-3H3. The number of hydrogen-bond donors (Lipinski definition) is 0. The minimum Gasteiger partial charge on any atom is -0.479 e. The number of ether oxygens (including phenoxy) is 2. The maximum absolute atomic E-state index is 11.6. The maximum Gasteiger partial charge on any atom is 0.410 e. The Morgan fingerprint density at radius 2 is 2.19 bits per heavy atom. The van der Waals surface area contributed by atoms with Crippen LogP contribution in [-0.4, -0.2) is 48.7 Å². The van der Waals surface area contributed by atoms with Gasteiger partial charge in [-0.05, 0) is 20.8 Å². The van der Waals surface area contributed by atoms with E-state index in [9.17, 15) is 4.79 Å². The quantitative estimate of drug-likeness (QED) is 0.676. The number of nitrogens with zero attached hydrogens (tertiary/aromatic N) is 2. The highest BCUT2D eigenvalue weighted by molar-refractivity contribution is 5.83. The zero-order valence-corrected chi connectivity index (χ0v) is 10.0. The molecule has 0 N–H and O–H groups in total. The van der Waals surface area contributed by atoms with Gasteiger partial charge in [-0.25, -0.2) is 4.79 Å². The van der Waals surface area contributed by atoms with Gasteiger partial charge in [-0.2, -0.15) is 0 Å². The third kappa shape index (κ3) is 2.46. The molecule has 0 aromatic rings. The molecule has 90 valence electrons. The predicted octanol–water partition coefficient (Wildman–Crippen LogP) is 1.28. The van der Waals surface area contributed by atoms with Crippen LogP contribution >= 0.6 is 0 Å². The third-order valence-corrected chi connectivity index (χ3v) is 2.49. The van der Waals surface area contributed by atoms with Gasteiger partial charge < -0.3 is 14.4 Å². The number of hydrogen-bond acceptors (Lipinski definition) is 4. The Morgan fingerprint density at radius 3 is 2.69 bits per heavy atom. The molecule has 1 saturated heterocycles. The van der Waals surface area contributed by atoms with Gasteiger partial charge in [-0.15, -0.1) is 0 Å². The van der Waals surface area contributed by atoms with Crippen molar-refractivity contribution >= 4 is 12.0 Å². The van der Waals surface area contributed by atoms with Crippen LogP contribution in [0.25, 0.3) is 0 Å². The highest BCUT2D eigenvalue weighted by Gasteiger charge is 2.38. The minimum absolute atomic E-state index is 0.248.